The average molecular weight is 185 g/mol. The fraction of sp³-hybridized carbons (Fsp3) is 0. The standard InChI is InChI=1S/C9H7N5/c10-9-8-7(12-14-9)5-3-1-2-4-6(5)11-13-8/h1-4H,(H3,10,12,14). The van der Waals surface area contributed by atoms with Crippen molar-refractivity contribution in [1.29, 1.82) is 0 Å². The Morgan fingerprint density at radius 3 is 2.93 bits per heavy atom. The first-order valence-electron chi connectivity index (χ1n) is 4.21. The first-order chi connectivity index (χ1) is 6.86. The first-order valence-corrected chi connectivity index (χ1v) is 4.21. The zero-order valence-electron chi connectivity index (χ0n) is 7.23. The van der Waals surface area contributed by atoms with Gasteiger partial charge in [0.2, 0.25) is 0 Å². The molecule has 0 saturated heterocycles. The number of nitrogens with one attached hydrogen (secondary N) is 1. The lowest BCUT2D eigenvalue weighted by Gasteiger charge is -1.95. The van der Waals surface area contributed by atoms with Crippen LogP contribution >= 0.6 is 0 Å². The van der Waals surface area contributed by atoms with E-state index in [0.29, 0.717) is 11.3 Å². The van der Waals surface area contributed by atoms with E-state index in [1.165, 1.54) is 0 Å². The van der Waals surface area contributed by atoms with Crippen molar-refractivity contribution in [3.05, 3.63) is 24.3 Å². The molecule has 0 spiro atoms. The fourth-order valence-electron chi connectivity index (χ4n) is 1.52. The van der Waals surface area contributed by atoms with E-state index < -0.39 is 0 Å². The van der Waals surface area contributed by atoms with Gasteiger partial charge in [-0.1, -0.05) is 18.2 Å². The molecule has 5 heteroatoms. The van der Waals surface area contributed by atoms with Gasteiger partial charge in [-0.2, -0.15) is 5.10 Å². The number of rotatable bonds is 0. The minimum Gasteiger partial charge on any atom is -0.380 e. The van der Waals surface area contributed by atoms with Gasteiger partial charge >= 0.3 is 0 Å². The Morgan fingerprint density at radius 2 is 2.00 bits per heavy atom. The predicted octanol–water partition coefficient (Wildman–Crippen LogP) is 1.09. The van der Waals surface area contributed by atoms with Crippen LogP contribution in [0.1, 0.15) is 0 Å². The molecule has 0 unspecified atom stereocenters. The third-order valence-electron chi connectivity index (χ3n) is 2.20. The fourth-order valence-corrected chi connectivity index (χ4v) is 1.52. The van der Waals surface area contributed by atoms with E-state index >= 15 is 0 Å². The van der Waals surface area contributed by atoms with E-state index in [1.54, 1.807) is 0 Å². The average Bonchev–Trinajstić information content (AvgIpc) is 2.61. The molecule has 0 atom stereocenters. The summed E-state index contributed by atoms with van der Waals surface area (Å²) in [6.07, 6.45) is 0. The van der Waals surface area contributed by atoms with Crippen LogP contribution in [0.5, 0.6) is 0 Å². The molecule has 3 rings (SSSR count). The maximum atomic E-state index is 5.62. The predicted molar refractivity (Wildman–Crippen MR) is 53.6 cm³/mol. The summed E-state index contributed by atoms with van der Waals surface area (Å²) >= 11 is 0. The van der Waals surface area contributed by atoms with Crippen molar-refractivity contribution in [3.8, 4) is 0 Å². The molecule has 3 N–H and O–H groups in total. The number of nitrogens with zero attached hydrogens (tertiary/aromatic N) is 3. The van der Waals surface area contributed by atoms with Crippen LogP contribution in [0.3, 0.4) is 0 Å². The van der Waals surface area contributed by atoms with Crippen LogP contribution in [0.4, 0.5) is 5.82 Å². The van der Waals surface area contributed by atoms with Gasteiger partial charge in [-0.15, -0.1) is 10.2 Å². The van der Waals surface area contributed by atoms with Crippen LogP contribution in [0.15, 0.2) is 24.3 Å². The van der Waals surface area contributed by atoms with E-state index in [2.05, 4.69) is 20.4 Å². The largest absolute Gasteiger partial charge is 0.380 e. The molecule has 0 amide bonds. The Hall–Kier alpha value is -2.17. The Morgan fingerprint density at radius 1 is 1.14 bits per heavy atom. The summed E-state index contributed by atoms with van der Waals surface area (Å²) in [6, 6.07) is 7.73. The van der Waals surface area contributed by atoms with Crippen LogP contribution in [-0.2, 0) is 0 Å². The number of hydrogen-bond acceptors (Lipinski definition) is 4. The van der Waals surface area contributed by atoms with Crippen molar-refractivity contribution in [2.75, 3.05) is 5.73 Å². The van der Waals surface area contributed by atoms with Gasteiger partial charge in [-0.25, -0.2) is 0 Å². The van der Waals surface area contributed by atoms with Crippen LogP contribution in [0, 0.1) is 0 Å². The van der Waals surface area contributed by atoms with Crippen LogP contribution in [0.25, 0.3) is 21.9 Å². The Balaban J connectivity index is 2.61. The highest BCUT2D eigenvalue weighted by Gasteiger charge is 2.07. The highest BCUT2D eigenvalue weighted by Crippen LogP contribution is 2.22. The van der Waals surface area contributed by atoms with Gasteiger partial charge in [0, 0.05) is 5.39 Å². The Labute approximate surface area is 78.9 Å². The molecule has 1 aromatic carbocycles. The minimum atomic E-state index is 0.387. The van der Waals surface area contributed by atoms with E-state index in [0.717, 1.165) is 16.4 Å². The molecule has 14 heavy (non-hydrogen) atoms. The third-order valence-corrected chi connectivity index (χ3v) is 2.20. The summed E-state index contributed by atoms with van der Waals surface area (Å²) in [5, 5.41) is 15.8. The zero-order valence-corrected chi connectivity index (χ0v) is 7.23. The summed E-state index contributed by atoms with van der Waals surface area (Å²) in [4.78, 5) is 0. The van der Waals surface area contributed by atoms with E-state index in [9.17, 15) is 0 Å². The summed E-state index contributed by atoms with van der Waals surface area (Å²) in [7, 11) is 0. The molecule has 0 aliphatic heterocycles. The molecule has 0 aliphatic carbocycles. The SMILES string of the molecule is Nc1n[nH]c2c1nnc1ccccc12. The van der Waals surface area contributed by atoms with Gasteiger partial charge in [0.15, 0.2) is 11.3 Å². The van der Waals surface area contributed by atoms with E-state index in [-0.39, 0.29) is 0 Å². The first kappa shape index (κ1) is 7.25. The lowest BCUT2D eigenvalue weighted by molar-refractivity contribution is 1.12. The van der Waals surface area contributed by atoms with Crippen LogP contribution in [0.2, 0.25) is 0 Å². The molecule has 5 nitrogen and oxygen atoms in total. The summed E-state index contributed by atoms with van der Waals surface area (Å²) in [6.45, 7) is 0. The van der Waals surface area contributed by atoms with Crippen molar-refractivity contribution in [1.82, 2.24) is 20.4 Å². The van der Waals surface area contributed by atoms with Gasteiger partial charge in [-0.3, -0.25) is 5.10 Å². The summed E-state index contributed by atoms with van der Waals surface area (Å²) in [5.41, 5.74) is 7.93. The Bertz CT molecular complexity index is 613. The van der Waals surface area contributed by atoms with Crippen LogP contribution < -0.4 is 5.73 Å². The van der Waals surface area contributed by atoms with E-state index in [4.69, 9.17) is 5.73 Å². The second-order valence-electron chi connectivity index (χ2n) is 3.05. The summed E-state index contributed by atoms with van der Waals surface area (Å²) in [5.74, 6) is 0.387. The molecule has 2 heterocycles. The molecule has 3 aromatic rings. The minimum absolute atomic E-state index is 0.387. The van der Waals surface area contributed by atoms with Crippen molar-refractivity contribution >= 4 is 27.8 Å². The topological polar surface area (TPSA) is 80.5 Å². The number of fused-ring (bicyclic) bond motifs is 3. The summed E-state index contributed by atoms with van der Waals surface area (Å²) < 4.78 is 0. The normalized spacial score (nSPS) is 11.1. The smallest absolute Gasteiger partial charge is 0.173 e. The van der Waals surface area contributed by atoms with Crippen LogP contribution in [-0.4, -0.2) is 20.4 Å². The van der Waals surface area contributed by atoms with Crippen molar-refractivity contribution in [3.63, 3.8) is 0 Å². The quantitative estimate of drug-likeness (QED) is 0.549. The number of nitrogen functional groups attached to an aromatic ring is 1. The van der Waals surface area contributed by atoms with Gasteiger partial charge in [0.05, 0.1) is 11.0 Å². The Kier molecular flexibility index (Phi) is 1.25. The number of benzene rings is 1. The van der Waals surface area contributed by atoms with Gasteiger partial charge in [0.1, 0.15) is 0 Å². The molecule has 0 bridgehead atoms. The molecule has 0 fully saturated rings. The van der Waals surface area contributed by atoms with Crippen molar-refractivity contribution < 1.29 is 0 Å². The highest BCUT2D eigenvalue weighted by molar-refractivity contribution is 6.04. The molecular formula is C9H7N5. The zero-order chi connectivity index (χ0) is 9.54. The van der Waals surface area contributed by atoms with Crippen molar-refractivity contribution in [2.45, 2.75) is 0 Å². The maximum Gasteiger partial charge on any atom is 0.173 e. The lowest BCUT2D eigenvalue weighted by atomic mass is 10.2. The highest BCUT2D eigenvalue weighted by atomic mass is 15.2. The molecule has 0 saturated carbocycles. The molecular weight excluding hydrogens is 178 g/mol. The lowest BCUT2D eigenvalue weighted by Crippen LogP contribution is -1.88. The number of hydrogen-bond donors (Lipinski definition) is 2. The van der Waals surface area contributed by atoms with E-state index in [1.807, 2.05) is 24.3 Å². The molecule has 2 aromatic heterocycles. The van der Waals surface area contributed by atoms with Gasteiger partial charge in [-0.05, 0) is 6.07 Å². The number of nitrogens with two attached hydrogens (primary N) is 1. The number of anilines is 1. The molecule has 0 aliphatic rings. The van der Waals surface area contributed by atoms with Crippen molar-refractivity contribution in [2.24, 2.45) is 0 Å². The second kappa shape index (κ2) is 2.41. The monoisotopic (exact) mass is 185 g/mol. The number of H-pyrrole nitrogens is 1. The third kappa shape index (κ3) is 0.806. The maximum absolute atomic E-state index is 5.62. The number of aromatic nitrogens is 4. The number of aromatic amines is 1. The second-order valence-corrected chi connectivity index (χ2v) is 3.05. The molecule has 0 radical (unpaired) electrons. The molecule has 68 valence electrons. The van der Waals surface area contributed by atoms with Gasteiger partial charge < -0.3 is 5.73 Å². The van der Waals surface area contributed by atoms with Gasteiger partial charge in [0.25, 0.3) is 0 Å².